The maximum atomic E-state index is 6.49. The molecule has 0 saturated heterocycles. The maximum absolute atomic E-state index is 6.49. The van der Waals surface area contributed by atoms with E-state index in [0.717, 1.165) is 30.2 Å². The fourth-order valence-electron chi connectivity index (χ4n) is 3.40. The largest absolute Gasteiger partial charge is 0.399 e. The molecule has 106 valence electrons. The molecule has 3 rings (SSSR count). The smallest absolute Gasteiger partial charge is 0.0413 e. The average Bonchev–Trinajstić information content (AvgIpc) is 2.39. The van der Waals surface area contributed by atoms with Crippen molar-refractivity contribution in [2.24, 2.45) is 5.92 Å². The van der Waals surface area contributed by atoms with E-state index in [4.69, 9.17) is 17.3 Å². The Morgan fingerprint density at radius 1 is 1.35 bits per heavy atom. The van der Waals surface area contributed by atoms with E-state index in [-0.39, 0.29) is 0 Å². The number of rotatable bonds is 1. The molecule has 1 aromatic carbocycles. The van der Waals surface area contributed by atoms with Gasteiger partial charge >= 0.3 is 0 Å². The molecule has 0 bridgehead atoms. The van der Waals surface area contributed by atoms with Gasteiger partial charge in [-0.3, -0.25) is 0 Å². The number of nitrogens with zero attached hydrogens (tertiary/aromatic N) is 1. The van der Waals surface area contributed by atoms with Crippen LogP contribution < -0.4 is 5.73 Å². The summed E-state index contributed by atoms with van der Waals surface area (Å²) in [7, 11) is 2.16. The fraction of sp³-hybridized carbons (Fsp3) is 0.412. The number of hydrogen-bond donors (Lipinski definition) is 1. The van der Waals surface area contributed by atoms with Crippen LogP contribution in [0.2, 0.25) is 0 Å². The summed E-state index contributed by atoms with van der Waals surface area (Å²) in [5, 5.41) is 0.944. The summed E-state index contributed by atoms with van der Waals surface area (Å²) in [4.78, 5) is 2.35. The van der Waals surface area contributed by atoms with Gasteiger partial charge in [-0.05, 0) is 42.7 Å². The highest BCUT2D eigenvalue weighted by molar-refractivity contribution is 6.32. The molecular weight excluding hydrogens is 268 g/mol. The zero-order valence-electron chi connectivity index (χ0n) is 12.1. The minimum Gasteiger partial charge on any atom is -0.399 e. The van der Waals surface area contributed by atoms with Crippen molar-refractivity contribution in [1.29, 1.82) is 0 Å². The molecule has 1 aromatic rings. The van der Waals surface area contributed by atoms with E-state index >= 15 is 0 Å². The molecular formula is C17H21ClN2. The van der Waals surface area contributed by atoms with Gasteiger partial charge in [0.15, 0.2) is 0 Å². The van der Waals surface area contributed by atoms with Gasteiger partial charge in [-0.25, -0.2) is 0 Å². The zero-order chi connectivity index (χ0) is 14.3. The number of hydrogen-bond acceptors (Lipinski definition) is 2. The summed E-state index contributed by atoms with van der Waals surface area (Å²) < 4.78 is 0. The Kier molecular flexibility index (Phi) is 3.61. The third kappa shape index (κ3) is 2.50. The van der Waals surface area contributed by atoms with Crippen molar-refractivity contribution in [1.82, 2.24) is 4.90 Å². The molecule has 2 N–H and O–H groups in total. The first-order valence-electron chi connectivity index (χ1n) is 7.18. The Bertz CT molecular complexity index is 588. The molecule has 1 heterocycles. The molecule has 0 amide bonds. The molecule has 2 aliphatic rings. The molecule has 0 aromatic heterocycles. The van der Waals surface area contributed by atoms with Crippen LogP contribution in [-0.4, -0.2) is 25.0 Å². The minimum atomic E-state index is 0.414. The summed E-state index contributed by atoms with van der Waals surface area (Å²) in [6.07, 6.45) is 3.30. The minimum absolute atomic E-state index is 0.414. The Hall–Kier alpha value is -1.25. The van der Waals surface area contributed by atoms with Gasteiger partial charge in [0, 0.05) is 29.7 Å². The van der Waals surface area contributed by atoms with Crippen LogP contribution in [0.15, 0.2) is 46.5 Å². The molecule has 3 heteroatoms. The third-order valence-electron chi connectivity index (χ3n) is 4.30. The normalized spacial score (nSPS) is 27.2. The molecule has 2 unspecified atom stereocenters. The molecule has 0 fully saturated rings. The van der Waals surface area contributed by atoms with Crippen molar-refractivity contribution >= 4 is 17.3 Å². The second kappa shape index (κ2) is 5.27. The average molecular weight is 289 g/mol. The fourth-order valence-corrected chi connectivity index (χ4v) is 3.80. The van der Waals surface area contributed by atoms with Crippen LogP contribution in [0.5, 0.6) is 0 Å². The Morgan fingerprint density at radius 2 is 2.15 bits per heavy atom. The zero-order valence-corrected chi connectivity index (χ0v) is 12.8. The lowest BCUT2D eigenvalue weighted by atomic mass is 9.77. The van der Waals surface area contributed by atoms with Crippen molar-refractivity contribution < 1.29 is 0 Å². The van der Waals surface area contributed by atoms with E-state index in [1.54, 1.807) is 0 Å². The highest BCUT2D eigenvalue weighted by atomic mass is 35.5. The number of halogens is 1. The van der Waals surface area contributed by atoms with E-state index in [1.165, 1.54) is 16.7 Å². The lowest BCUT2D eigenvalue weighted by Gasteiger charge is -2.38. The van der Waals surface area contributed by atoms with Crippen LogP contribution >= 0.6 is 11.6 Å². The van der Waals surface area contributed by atoms with Gasteiger partial charge in [0.2, 0.25) is 0 Å². The standard InChI is InChI=1S/C17H21ClN2/c1-11-6-14-15(12-4-3-5-13(19)8-12)9-20(2)10-16(14)17(18)7-11/h3-5,7-8,11,15H,6,9-10,19H2,1-2H3. The lowest BCUT2D eigenvalue weighted by molar-refractivity contribution is 0.321. The third-order valence-corrected chi connectivity index (χ3v) is 4.66. The van der Waals surface area contributed by atoms with Crippen LogP contribution in [0.3, 0.4) is 0 Å². The van der Waals surface area contributed by atoms with Gasteiger partial charge < -0.3 is 10.6 Å². The number of allylic oxidation sites excluding steroid dienone is 1. The molecule has 0 saturated carbocycles. The predicted molar refractivity (Wildman–Crippen MR) is 85.8 cm³/mol. The van der Waals surface area contributed by atoms with Crippen molar-refractivity contribution in [3.8, 4) is 0 Å². The summed E-state index contributed by atoms with van der Waals surface area (Å²) in [5.74, 6) is 0.936. The van der Waals surface area contributed by atoms with Crippen LogP contribution in [0.4, 0.5) is 5.69 Å². The molecule has 20 heavy (non-hydrogen) atoms. The second-order valence-electron chi connectivity index (χ2n) is 6.12. The first-order chi connectivity index (χ1) is 9.54. The summed E-state index contributed by atoms with van der Waals surface area (Å²) in [6, 6.07) is 8.28. The molecule has 1 aliphatic carbocycles. The highest BCUT2D eigenvalue weighted by Crippen LogP contribution is 2.42. The first kappa shape index (κ1) is 13.7. The summed E-state index contributed by atoms with van der Waals surface area (Å²) in [5.41, 5.74) is 10.9. The quantitative estimate of drug-likeness (QED) is 0.797. The summed E-state index contributed by atoms with van der Waals surface area (Å²) >= 11 is 6.49. The maximum Gasteiger partial charge on any atom is 0.0413 e. The Morgan fingerprint density at radius 3 is 2.90 bits per heavy atom. The van der Waals surface area contributed by atoms with Gasteiger partial charge in [0.05, 0.1) is 0 Å². The van der Waals surface area contributed by atoms with Gasteiger partial charge in [-0.15, -0.1) is 0 Å². The van der Waals surface area contributed by atoms with E-state index in [0.29, 0.717) is 11.8 Å². The number of anilines is 1. The number of benzene rings is 1. The van der Waals surface area contributed by atoms with E-state index in [1.807, 2.05) is 12.1 Å². The molecule has 0 spiro atoms. The number of nitrogens with two attached hydrogens (primary N) is 1. The van der Waals surface area contributed by atoms with Crippen LogP contribution in [0.1, 0.15) is 24.8 Å². The van der Waals surface area contributed by atoms with Gasteiger partial charge in [0.1, 0.15) is 0 Å². The van der Waals surface area contributed by atoms with Crippen molar-refractivity contribution in [2.45, 2.75) is 19.3 Å². The van der Waals surface area contributed by atoms with E-state index in [9.17, 15) is 0 Å². The van der Waals surface area contributed by atoms with Crippen molar-refractivity contribution in [3.63, 3.8) is 0 Å². The monoisotopic (exact) mass is 288 g/mol. The van der Waals surface area contributed by atoms with Crippen molar-refractivity contribution in [2.75, 3.05) is 25.9 Å². The Labute approximate surface area is 125 Å². The van der Waals surface area contributed by atoms with E-state index < -0.39 is 0 Å². The molecule has 0 radical (unpaired) electrons. The van der Waals surface area contributed by atoms with Crippen LogP contribution in [-0.2, 0) is 0 Å². The SMILES string of the molecule is CC1C=C(Cl)C2=C(C1)C(c1cccc(N)c1)CN(C)C2. The van der Waals surface area contributed by atoms with Crippen molar-refractivity contribution in [3.05, 3.63) is 52.1 Å². The topological polar surface area (TPSA) is 29.3 Å². The van der Waals surface area contributed by atoms with Gasteiger partial charge in [0.25, 0.3) is 0 Å². The van der Waals surface area contributed by atoms with Crippen LogP contribution in [0, 0.1) is 5.92 Å². The molecule has 2 atom stereocenters. The van der Waals surface area contributed by atoms with Crippen LogP contribution in [0.25, 0.3) is 0 Å². The molecule has 1 aliphatic heterocycles. The van der Waals surface area contributed by atoms with E-state index in [2.05, 4.69) is 37.1 Å². The second-order valence-corrected chi connectivity index (χ2v) is 6.53. The molecule has 2 nitrogen and oxygen atoms in total. The van der Waals surface area contributed by atoms with Gasteiger partial charge in [-0.1, -0.05) is 42.3 Å². The lowest BCUT2D eigenvalue weighted by Crippen LogP contribution is -2.35. The predicted octanol–water partition coefficient (Wildman–Crippen LogP) is 3.76. The highest BCUT2D eigenvalue weighted by Gasteiger charge is 2.31. The number of likely N-dealkylation sites (N-methyl/N-ethyl adjacent to an activating group) is 1. The number of nitrogen functional groups attached to an aromatic ring is 1. The first-order valence-corrected chi connectivity index (χ1v) is 7.56. The van der Waals surface area contributed by atoms with Gasteiger partial charge in [-0.2, -0.15) is 0 Å². The Balaban J connectivity index is 2.06. The summed E-state index contributed by atoms with van der Waals surface area (Å²) in [6.45, 7) is 4.23.